The number of hydrogen-bond acceptors (Lipinski definition) is 3. The Balaban J connectivity index is 0. The number of hydrogen-bond donors (Lipinski definition) is 1. The van der Waals surface area contributed by atoms with Crippen molar-refractivity contribution >= 4 is 7.82 Å². The fourth-order valence-electron chi connectivity index (χ4n) is 0.711. The molecule has 0 aromatic rings. The minimum absolute atomic E-state index is 0. The summed E-state index contributed by atoms with van der Waals surface area (Å²) in [6.45, 7) is 10.2. The molecule has 0 rings (SSSR count). The van der Waals surface area contributed by atoms with Crippen LogP contribution in [0.4, 0.5) is 0 Å². The predicted octanol–water partition coefficient (Wildman–Crippen LogP) is -0.279. The van der Waals surface area contributed by atoms with Crippen LogP contribution < -0.4 is 51.4 Å². The molecule has 0 aliphatic rings. The molecule has 0 saturated carbocycles. The van der Waals surface area contributed by atoms with Crippen molar-refractivity contribution in [1.82, 2.24) is 0 Å². The van der Waals surface area contributed by atoms with Gasteiger partial charge in [0.15, 0.2) is 0 Å². The maximum absolute atomic E-state index is 11.4. The smallest absolute Gasteiger partial charge is 0.302 e. The van der Waals surface area contributed by atoms with E-state index in [0.717, 1.165) is 0 Å². The summed E-state index contributed by atoms with van der Waals surface area (Å²) in [6, 6.07) is 0. The van der Waals surface area contributed by atoms with Gasteiger partial charge in [-0.1, -0.05) is 0 Å². The van der Waals surface area contributed by atoms with Gasteiger partial charge in [0.05, 0.1) is 11.2 Å². The van der Waals surface area contributed by atoms with Crippen LogP contribution in [0.25, 0.3) is 0 Å². The van der Waals surface area contributed by atoms with Gasteiger partial charge in [-0.15, -0.1) is 0 Å². The van der Waals surface area contributed by atoms with Crippen LogP contribution in [0.3, 0.4) is 0 Å². The number of rotatable bonds is 2. The molecule has 0 aromatic heterocycles. The summed E-state index contributed by atoms with van der Waals surface area (Å²) in [5.41, 5.74) is -1.37. The molecular formula is C8H19KO4P+. The van der Waals surface area contributed by atoms with Crippen LogP contribution in [0, 0.1) is 0 Å². The first-order valence-electron chi connectivity index (χ1n) is 4.16. The summed E-state index contributed by atoms with van der Waals surface area (Å²) >= 11 is 0. The summed E-state index contributed by atoms with van der Waals surface area (Å²) in [5.74, 6) is 0. The van der Waals surface area contributed by atoms with Gasteiger partial charge in [-0.25, -0.2) is 4.57 Å². The minimum atomic E-state index is -3.94. The van der Waals surface area contributed by atoms with Crippen LogP contribution in [0.5, 0.6) is 0 Å². The van der Waals surface area contributed by atoms with Crippen LogP contribution in [0.15, 0.2) is 0 Å². The van der Waals surface area contributed by atoms with Crippen molar-refractivity contribution in [3.8, 4) is 0 Å². The molecule has 0 aromatic carbocycles. The van der Waals surface area contributed by atoms with E-state index in [2.05, 4.69) is 0 Å². The Morgan fingerprint density at radius 1 is 0.929 bits per heavy atom. The largest absolute Gasteiger partial charge is 1.00 e. The van der Waals surface area contributed by atoms with Gasteiger partial charge in [-0.05, 0) is 41.5 Å². The van der Waals surface area contributed by atoms with Crippen LogP contribution in [-0.2, 0) is 13.6 Å². The van der Waals surface area contributed by atoms with E-state index in [1.54, 1.807) is 41.5 Å². The third-order valence-electron chi connectivity index (χ3n) is 0.778. The maximum Gasteiger partial charge on any atom is 1.00 e. The summed E-state index contributed by atoms with van der Waals surface area (Å²) < 4.78 is 21.1. The zero-order valence-electron chi connectivity index (χ0n) is 10.1. The topological polar surface area (TPSA) is 55.8 Å². The molecule has 0 fully saturated rings. The predicted molar refractivity (Wildman–Crippen MR) is 51.5 cm³/mol. The summed E-state index contributed by atoms with van der Waals surface area (Å²) in [7, 11) is -3.94. The summed E-state index contributed by atoms with van der Waals surface area (Å²) in [4.78, 5) is 9.30. The average molecular weight is 249 g/mol. The van der Waals surface area contributed by atoms with Gasteiger partial charge < -0.3 is 4.89 Å². The van der Waals surface area contributed by atoms with Crippen molar-refractivity contribution in [2.45, 2.75) is 52.7 Å². The number of phosphoric acid groups is 1. The van der Waals surface area contributed by atoms with E-state index in [-0.39, 0.29) is 51.4 Å². The Hall–Kier alpha value is 1.75. The van der Waals surface area contributed by atoms with Gasteiger partial charge >= 0.3 is 59.2 Å². The second-order valence-electron chi connectivity index (χ2n) is 4.88. The zero-order chi connectivity index (χ0) is 10.9. The average Bonchev–Trinajstić information content (AvgIpc) is 1.43. The van der Waals surface area contributed by atoms with Crippen LogP contribution >= 0.6 is 7.82 Å². The molecule has 0 spiro atoms. The van der Waals surface area contributed by atoms with Crippen LogP contribution in [-0.4, -0.2) is 16.1 Å². The van der Waals surface area contributed by atoms with E-state index >= 15 is 0 Å². The van der Waals surface area contributed by atoms with E-state index in [9.17, 15) is 9.46 Å². The van der Waals surface area contributed by atoms with Crippen molar-refractivity contribution in [3.05, 3.63) is 0 Å². The molecule has 0 unspecified atom stereocenters. The van der Waals surface area contributed by atoms with E-state index < -0.39 is 19.0 Å². The summed E-state index contributed by atoms with van der Waals surface area (Å²) in [6.07, 6.45) is 0. The molecule has 0 amide bonds. The molecule has 1 N–H and O–H groups in total. The van der Waals surface area contributed by atoms with Gasteiger partial charge in [0.2, 0.25) is 0 Å². The van der Waals surface area contributed by atoms with Crippen molar-refractivity contribution in [2.75, 3.05) is 0 Å². The first kappa shape index (κ1) is 18.1. The Labute approximate surface area is 129 Å². The van der Waals surface area contributed by atoms with Crippen molar-refractivity contribution in [3.63, 3.8) is 0 Å². The van der Waals surface area contributed by atoms with Gasteiger partial charge in [0.25, 0.3) is 0 Å². The SMILES string of the molecule is CC(C)(C)OP(=O)(O)OC(C)(C)C.[K+]. The second kappa shape index (κ2) is 5.89. The van der Waals surface area contributed by atoms with Gasteiger partial charge in [0, 0.05) is 0 Å². The Morgan fingerprint density at radius 2 is 1.14 bits per heavy atom. The molecule has 0 atom stereocenters. The first-order valence-corrected chi connectivity index (χ1v) is 5.65. The number of phosphoric ester groups is 1. The van der Waals surface area contributed by atoms with Gasteiger partial charge in [0.1, 0.15) is 0 Å². The van der Waals surface area contributed by atoms with Gasteiger partial charge in [-0.3, -0.25) is 9.05 Å². The van der Waals surface area contributed by atoms with E-state index in [1.807, 2.05) is 0 Å². The Bertz CT molecular complexity index is 196. The standard InChI is InChI=1S/C8H19O4P.K/c1-7(2,3)11-13(9,10)12-8(4,5)6;/h1-6H3,(H,9,10);/q;+1. The Kier molecular flexibility index (Phi) is 7.63. The molecule has 0 aliphatic carbocycles. The molecule has 4 nitrogen and oxygen atoms in total. The molecule has 14 heavy (non-hydrogen) atoms. The van der Waals surface area contributed by atoms with Crippen molar-refractivity contribution in [1.29, 1.82) is 0 Å². The van der Waals surface area contributed by atoms with Crippen molar-refractivity contribution < 1.29 is 69.9 Å². The molecule has 0 saturated heterocycles. The quantitative estimate of drug-likeness (QED) is 0.540. The van der Waals surface area contributed by atoms with E-state index in [1.165, 1.54) is 0 Å². The molecule has 80 valence electrons. The van der Waals surface area contributed by atoms with Crippen LogP contribution in [0.1, 0.15) is 41.5 Å². The Morgan fingerprint density at radius 3 is 1.29 bits per heavy atom. The van der Waals surface area contributed by atoms with Crippen LogP contribution in [0.2, 0.25) is 0 Å². The monoisotopic (exact) mass is 249 g/mol. The zero-order valence-corrected chi connectivity index (χ0v) is 14.1. The molecule has 0 heterocycles. The fraction of sp³-hybridized carbons (Fsp3) is 1.00. The van der Waals surface area contributed by atoms with E-state index in [0.29, 0.717) is 0 Å². The maximum atomic E-state index is 11.4. The second-order valence-corrected chi connectivity index (χ2v) is 6.18. The molecular weight excluding hydrogens is 230 g/mol. The normalized spacial score (nSPS) is 13.6. The third-order valence-corrected chi connectivity index (χ3v) is 2.34. The minimum Gasteiger partial charge on any atom is -0.302 e. The molecule has 0 aliphatic heterocycles. The molecule has 0 bridgehead atoms. The van der Waals surface area contributed by atoms with Crippen molar-refractivity contribution in [2.24, 2.45) is 0 Å². The molecule has 0 radical (unpaired) electrons. The van der Waals surface area contributed by atoms with E-state index in [4.69, 9.17) is 9.05 Å². The van der Waals surface area contributed by atoms with Gasteiger partial charge in [-0.2, -0.15) is 0 Å². The third kappa shape index (κ3) is 11.8. The molecule has 6 heteroatoms. The first-order chi connectivity index (χ1) is 5.41. The fourth-order valence-corrected chi connectivity index (χ4v) is 2.13. The summed E-state index contributed by atoms with van der Waals surface area (Å²) in [5, 5.41) is 0.